The zero-order chi connectivity index (χ0) is 13.8. The van der Waals surface area contributed by atoms with Gasteiger partial charge in [-0.25, -0.2) is 0 Å². The molecule has 100 valence electrons. The molecule has 1 fully saturated rings. The first-order chi connectivity index (χ1) is 9.10. The molecule has 0 bridgehead atoms. The number of hydrogen-bond donors (Lipinski definition) is 0. The fourth-order valence-corrected chi connectivity index (χ4v) is 2.65. The number of ether oxygens (including phenoxy) is 1. The Kier molecular flexibility index (Phi) is 4.21. The molecule has 3 nitrogen and oxygen atoms in total. The standard InChI is InChI=1S/C16H19NO2/c1-11-4-3-5-14(8-11)19-16-9-13(10-17)6-7-15(16)12(2)18/h6-7,9,11,14H,3-5,8H2,1-2H3. The number of nitriles is 1. The zero-order valence-corrected chi connectivity index (χ0v) is 11.5. The summed E-state index contributed by atoms with van der Waals surface area (Å²) < 4.78 is 5.99. The number of Topliss-reactive ketones (excluding diaryl/α,β-unsaturated/α-hetero) is 1. The topological polar surface area (TPSA) is 50.1 Å². The molecule has 3 heteroatoms. The summed E-state index contributed by atoms with van der Waals surface area (Å²) in [6, 6.07) is 7.11. The van der Waals surface area contributed by atoms with Crippen molar-refractivity contribution in [3.05, 3.63) is 29.3 Å². The maximum atomic E-state index is 11.6. The summed E-state index contributed by atoms with van der Waals surface area (Å²) in [5.41, 5.74) is 1.10. The highest BCUT2D eigenvalue weighted by Crippen LogP contribution is 2.29. The maximum absolute atomic E-state index is 11.6. The highest BCUT2D eigenvalue weighted by Gasteiger charge is 2.22. The van der Waals surface area contributed by atoms with Gasteiger partial charge in [-0.1, -0.05) is 13.3 Å². The van der Waals surface area contributed by atoms with E-state index >= 15 is 0 Å². The van der Waals surface area contributed by atoms with Crippen LogP contribution in [-0.2, 0) is 0 Å². The van der Waals surface area contributed by atoms with Crippen LogP contribution in [0.25, 0.3) is 0 Å². The molecule has 19 heavy (non-hydrogen) atoms. The zero-order valence-electron chi connectivity index (χ0n) is 11.5. The van der Waals surface area contributed by atoms with Gasteiger partial charge in [-0.15, -0.1) is 0 Å². The monoisotopic (exact) mass is 257 g/mol. The third kappa shape index (κ3) is 3.35. The van der Waals surface area contributed by atoms with Gasteiger partial charge in [0.05, 0.1) is 23.3 Å². The number of benzene rings is 1. The first kappa shape index (κ1) is 13.6. The maximum Gasteiger partial charge on any atom is 0.163 e. The number of hydrogen-bond acceptors (Lipinski definition) is 3. The number of ketones is 1. The van der Waals surface area contributed by atoms with Gasteiger partial charge in [0.2, 0.25) is 0 Å². The second-order valence-electron chi connectivity index (χ2n) is 5.39. The molecule has 2 rings (SSSR count). The van der Waals surface area contributed by atoms with E-state index in [0.717, 1.165) is 12.8 Å². The van der Waals surface area contributed by atoms with Crippen LogP contribution in [0.5, 0.6) is 5.75 Å². The van der Waals surface area contributed by atoms with Gasteiger partial charge in [0.1, 0.15) is 5.75 Å². The van der Waals surface area contributed by atoms with Crippen LogP contribution in [0, 0.1) is 17.2 Å². The molecular formula is C16H19NO2. The molecule has 0 N–H and O–H groups in total. The second kappa shape index (κ2) is 5.88. The molecule has 0 spiro atoms. The number of carbonyl (C=O) groups is 1. The number of nitrogens with zero attached hydrogens (tertiary/aromatic N) is 1. The summed E-state index contributed by atoms with van der Waals surface area (Å²) in [5, 5.41) is 8.95. The minimum Gasteiger partial charge on any atom is -0.490 e. The van der Waals surface area contributed by atoms with Crippen molar-refractivity contribution in [1.82, 2.24) is 0 Å². The Morgan fingerprint density at radius 3 is 2.84 bits per heavy atom. The predicted octanol–water partition coefficient (Wildman–Crippen LogP) is 3.72. The Morgan fingerprint density at radius 1 is 1.42 bits per heavy atom. The predicted molar refractivity (Wildman–Crippen MR) is 73.2 cm³/mol. The molecule has 1 aromatic carbocycles. The highest BCUT2D eigenvalue weighted by atomic mass is 16.5. The summed E-state index contributed by atoms with van der Waals surface area (Å²) in [6.07, 6.45) is 4.62. The van der Waals surface area contributed by atoms with E-state index in [1.165, 1.54) is 19.8 Å². The SMILES string of the molecule is CC(=O)c1ccc(C#N)cc1OC1CCCC(C)C1. The van der Waals surface area contributed by atoms with E-state index in [0.29, 0.717) is 22.8 Å². The van der Waals surface area contributed by atoms with E-state index in [4.69, 9.17) is 10.00 Å². The van der Waals surface area contributed by atoms with Crippen molar-refractivity contribution >= 4 is 5.78 Å². The third-order valence-corrected chi connectivity index (χ3v) is 3.67. The highest BCUT2D eigenvalue weighted by molar-refractivity contribution is 5.97. The fourth-order valence-electron chi connectivity index (χ4n) is 2.65. The van der Waals surface area contributed by atoms with E-state index in [1.54, 1.807) is 18.2 Å². The lowest BCUT2D eigenvalue weighted by Gasteiger charge is -2.28. The van der Waals surface area contributed by atoms with Crippen LogP contribution in [0.2, 0.25) is 0 Å². The van der Waals surface area contributed by atoms with Gasteiger partial charge in [0.25, 0.3) is 0 Å². The van der Waals surface area contributed by atoms with Crippen LogP contribution in [-0.4, -0.2) is 11.9 Å². The van der Waals surface area contributed by atoms with E-state index in [-0.39, 0.29) is 11.9 Å². The minimum absolute atomic E-state index is 0.0247. The first-order valence-corrected chi connectivity index (χ1v) is 6.82. The van der Waals surface area contributed by atoms with Crippen molar-refractivity contribution in [2.75, 3.05) is 0 Å². The Labute approximate surface area is 114 Å². The minimum atomic E-state index is -0.0247. The van der Waals surface area contributed by atoms with Crippen LogP contribution < -0.4 is 4.74 Å². The molecule has 1 saturated carbocycles. The average molecular weight is 257 g/mol. The van der Waals surface area contributed by atoms with Crippen molar-refractivity contribution in [3.8, 4) is 11.8 Å². The van der Waals surface area contributed by atoms with Crippen LogP contribution in [0.15, 0.2) is 18.2 Å². The van der Waals surface area contributed by atoms with Gasteiger partial charge >= 0.3 is 0 Å². The van der Waals surface area contributed by atoms with E-state index < -0.39 is 0 Å². The lowest BCUT2D eigenvalue weighted by Crippen LogP contribution is -2.24. The van der Waals surface area contributed by atoms with Gasteiger partial charge in [0.15, 0.2) is 5.78 Å². The van der Waals surface area contributed by atoms with Crippen molar-refractivity contribution in [3.63, 3.8) is 0 Å². The molecule has 0 radical (unpaired) electrons. The third-order valence-electron chi connectivity index (χ3n) is 3.67. The van der Waals surface area contributed by atoms with Crippen molar-refractivity contribution in [2.24, 2.45) is 5.92 Å². The Balaban J connectivity index is 2.22. The summed E-state index contributed by atoms with van der Waals surface area (Å²) in [7, 11) is 0. The van der Waals surface area contributed by atoms with Gasteiger partial charge in [-0.05, 0) is 50.3 Å². The van der Waals surface area contributed by atoms with E-state index in [9.17, 15) is 4.79 Å². The molecule has 0 amide bonds. The Bertz CT molecular complexity index is 516. The van der Waals surface area contributed by atoms with Gasteiger partial charge < -0.3 is 4.74 Å². The molecule has 0 aromatic heterocycles. The Morgan fingerprint density at radius 2 is 2.21 bits per heavy atom. The molecule has 1 aliphatic rings. The van der Waals surface area contributed by atoms with Crippen LogP contribution in [0.1, 0.15) is 55.5 Å². The molecule has 0 heterocycles. The summed E-state index contributed by atoms with van der Waals surface area (Å²) in [5.74, 6) is 1.20. The molecule has 2 atom stereocenters. The van der Waals surface area contributed by atoms with Crippen molar-refractivity contribution in [2.45, 2.75) is 45.6 Å². The fraction of sp³-hybridized carbons (Fsp3) is 0.500. The molecule has 0 aliphatic heterocycles. The molecule has 2 unspecified atom stereocenters. The van der Waals surface area contributed by atoms with Gasteiger partial charge in [-0.2, -0.15) is 5.26 Å². The first-order valence-electron chi connectivity index (χ1n) is 6.82. The summed E-state index contributed by atoms with van der Waals surface area (Å²) >= 11 is 0. The van der Waals surface area contributed by atoms with Gasteiger partial charge in [-0.3, -0.25) is 4.79 Å². The van der Waals surface area contributed by atoms with Crippen molar-refractivity contribution in [1.29, 1.82) is 5.26 Å². The summed E-state index contributed by atoms with van der Waals surface area (Å²) in [4.78, 5) is 11.6. The largest absolute Gasteiger partial charge is 0.490 e. The van der Waals surface area contributed by atoms with E-state index in [2.05, 4.69) is 13.0 Å². The van der Waals surface area contributed by atoms with Crippen LogP contribution >= 0.6 is 0 Å². The molecule has 1 aromatic rings. The smallest absolute Gasteiger partial charge is 0.163 e. The lowest BCUT2D eigenvalue weighted by molar-refractivity contribution is 0.0993. The van der Waals surface area contributed by atoms with E-state index in [1.807, 2.05) is 0 Å². The number of rotatable bonds is 3. The quantitative estimate of drug-likeness (QED) is 0.775. The normalized spacial score (nSPS) is 22.6. The van der Waals surface area contributed by atoms with Gasteiger partial charge in [0, 0.05) is 0 Å². The number of carbonyl (C=O) groups excluding carboxylic acids is 1. The average Bonchev–Trinajstić information content (AvgIpc) is 2.38. The second-order valence-corrected chi connectivity index (χ2v) is 5.39. The molecule has 1 aliphatic carbocycles. The molecule has 0 saturated heterocycles. The van der Waals surface area contributed by atoms with Crippen LogP contribution in [0.4, 0.5) is 0 Å². The summed E-state index contributed by atoms with van der Waals surface area (Å²) in [6.45, 7) is 3.75. The molecular weight excluding hydrogens is 238 g/mol. The van der Waals surface area contributed by atoms with Crippen molar-refractivity contribution < 1.29 is 9.53 Å². The van der Waals surface area contributed by atoms with Crippen LogP contribution in [0.3, 0.4) is 0 Å². The Hall–Kier alpha value is -1.82. The lowest BCUT2D eigenvalue weighted by atomic mass is 9.88.